The Morgan fingerprint density at radius 1 is 0.774 bits per heavy atom. The number of hydrogen-bond acceptors (Lipinski definition) is 1. The summed E-state index contributed by atoms with van der Waals surface area (Å²) in [5.74, 6) is -6.77. The minimum atomic E-state index is -6.81. The van der Waals surface area contributed by atoms with Crippen LogP contribution in [-0.2, 0) is 18.5 Å². The van der Waals surface area contributed by atoms with Crippen LogP contribution in [0.5, 0.6) is 0 Å². The lowest BCUT2D eigenvalue weighted by molar-refractivity contribution is -0.389. The number of halogens is 9. The molecule has 0 radical (unpaired) electrons. The summed E-state index contributed by atoms with van der Waals surface area (Å²) in [6.45, 7) is 2.89. The lowest BCUT2D eigenvalue weighted by Gasteiger charge is -2.38. The summed E-state index contributed by atoms with van der Waals surface area (Å²) in [5.41, 5.74) is -8.81. The fraction of sp³-hybridized carbons (Fsp3) is 0.381. The predicted octanol–water partition coefficient (Wildman–Crippen LogP) is 7.27. The van der Waals surface area contributed by atoms with Gasteiger partial charge in [0.2, 0.25) is 0 Å². The molecular formula is C21H16F9N. The van der Waals surface area contributed by atoms with Crippen molar-refractivity contribution in [2.75, 3.05) is 0 Å². The maximum absolute atomic E-state index is 15.4. The molecule has 2 rings (SSSR count). The zero-order valence-corrected chi connectivity index (χ0v) is 16.2. The summed E-state index contributed by atoms with van der Waals surface area (Å²) < 4.78 is 124. The van der Waals surface area contributed by atoms with E-state index in [-0.39, 0.29) is 35.1 Å². The van der Waals surface area contributed by atoms with Crippen LogP contribution in [0.1, 0.15) is 36.1 Å². The van der Waals surface area contributed by atoms with Crippen LogP contribution in [0.2, 0.25) is 0 Å². The van der Waals surface area contributed by atoms with Crippen LogP contribution < -0.4 is 0 Å². The molecule has 10 heteroatoms. The fourth-order valence-corrected chi connectivity index (χ4v) is 3.27. The smallest absolute Gasteiger partial charge is 0.221 e. The molecule has 0 bridgehead atoms. The number of aryl methyl sites for hydroxylation is 2. The van der Waals surface area contributed by atoms with Gasteiger partial charge >= 0.3 is 23.9 Å². The van der Waals surface area contributed by atoms with Crippen LogP contribution >= 0.6 is 0 Å². The van der Waals surface area contributed by atoms with E-state index >= 15 is 4.39 Å². The highest BCUT2D eigenvalue weighted by atomic mass is 19.4. The SMILES string of the molecule is CCc1cc(CC)c(-c2ccc(C#N)cc2)c(C(F)(C(F)(F)F)C(F)(F)C(F)(F)F)c1. The Kier molecular flexibility index (Phi) is 6.41. The van der Waals surface area contributed by atoms with E-state index in [9.17, 15) is 35.1 Å². The van der Waals surface area contributed by atoms with Crippen molar-refractivity contribution >= 4 is 0 Å². The third-order valence-corrected chi connectivity index (χ3v) is 4.92. The summed E-state index contributed by atoms with van der Waals surface area (Å²) in [5, 5.41) is 8.87. The van der Waals surface area contributed by atoms with E-state index in [1.54, 1.807) is 6.07 Å². The minimum absolute atomic E-state index is 0.0286. The van der Waals surface area contributed by atoms with Gasteiger partial charge in [-0.2, -0.15) is 40.4 Å². The number of nitriles is 1. The molecule has 0 N–H and O–H groups in total. The zero-order valence-electron chi connectivity index (χ0n) is 16.2. The van der Waals surface area contributed by atoms with Gasteiger partial charge in [-0.15, -0.1) is 0 Å². The molecule has 0 spiro atoms. The lowest BCUT2D eigenvalue weighted by atomic mass is 9.79. The van der Waals surface area contributed by atoms with E-state index in [0.717, 1.165) is 24.3 Å². The molecule has 0 saturated heterocycles. The van der Waals surface area contributed by atoms with Crippen molar-refractivity contribution in [3.63, 3.8) is 0 Å². The van der Waals surface area contributed by atoms with Gasteiger partial charge in [0.1, 0.15) is 0 Å². The highest BCUT2D eigenvalue weighted by Gasteiger charge is 2.82. The number of alkyl halides is 9. The fourth-order valence-electron chi connectivity index (χ4n) is 3.27. The summed E-state index contributed by atoms with van der Waals surface area (Å²) in [4.78, 5) is 0. The first-order valence-electron chi connectivity index (χ1n) is 9.02. The van der Waals surface area contributed by atoms with Crippen LogP contribution in [0, 0.1) is 11.3 Å². The molecule has 168 valence electrons. The van der Waals surface area contributed by atoms with Gasteiger partial charge in [-0.05, 0) is 47.2 Å². The minimum Gasteiger partial charge on any atom is -0.221 e. The Morgan fingerprint density at radius 3 is 1.71 bits per heavy atom. The van der Waals surface area contributed by atoms with Crippen LogP contribution in [0.3, 0.4) is 0 Å². The molecule has 0 aliphatic rings. The molecule has 0 saturated carbocycles. The molecule has 0 amide bonds. The second-order valence-corrected chi connectivity index (χ2v) is 6.80. The van der Waals surface area contributed by atoms with E-state index in [1.807, 2.05) is 0 Å². The maximum Gasteiger partial charge on any atom is 0.457 e. The number of nitrogens with zero attached hydrogens (tertiary/aromatic N) is 1. The lowest BCUT2D eigenvalue weighted by Crippen LogP contribution is -2.60. The van der Waals surface area contributed by atoms with Gasteiger partial charge in [0, 0.05) is 5.56 Å². The topological polar surface area (TPSA) is 23.8 Å². The summed E-state index contributed by atoms with van der Waals surface area (Å²) >= 11 is 0. The Morgan fingerprint density at radius 2 is 1.32 bits per heavy atom. The molecule has 0 aromatic heterocycles. The third-order valence-electron chi connectivity index (χ3n) is 4.92. The number of hydrogen-bond donors (Lipinski definition) is 0. The number of benzene rings is 2. The monoisotopic (exact) mass is 453 g/mol. The molecule has 0 fully saturated rings. The van der Waals surface area contributed by atoms with Crippen molar-refractivity contribution in [1.29, 1.82) is 5.26 Å². The van der Waals surface area contributed by atoms with Gasteiger partial charge in [-0.3, -0.25) is 0 Å². The molecule has 31 heavy (non-hydrogen) atoms. The Bertz CT molecular complexity index is 982. The van der Waals surface area contributed by atoms with Gasteiger partial charge in [0.15, 0.2) is 0 Å². The van der Waals surface area contributed by atoms with E-state index in [0.29, 0.717) is 6.07 Å². The van der Waals surface area contributed by atoms with Gasteiger partial charge < -0.3 is 0 Å². The van der Waals surface area contributed by atoms with Crippen molar-refractivity contribution in [3.8, 4) is 17.2 Å². The van der Waals surface area contributed by atoms with Crippen molar-refractivity contribution < 1.29 is 39.5 Å². The van der Waals surface area contributed by atoms with Crippen molar-refractivity contribution in [1.82, 2.24) is 0 Å². The first-order chi connectivity index (χ1) is 14.2. The van der Waals surface area contributed by atoms with E-state index in [1.165, 1.54) is 19.9 Å². The molecule has 2 aromatic rings. The van der Waals surface area contributed by atoms with E-state index in [4.69, 9.17) is 5.26 Å². The molecule has 1 unspecified atom stereocenters. The summed E-state index contributed by atoms with van der Waals surface area (Å²) in [6.07, 6.45) is -13.5. The van der Waals surface area contributed by atoms with Crippen LogP contribution in [0.15, 0.2) is 36.4 Å². The van der Waals surface area contributed by atoms with E-state index in [2.05, 4.69) is 0 Å². The van der Waals surface area contributed by atoms with Gasteiger partial charge in [-0.1, -0.05) is 38.1 Å². The zero-order chi connectivity index (χ0) is 23.8. The predicted molar refractivity (Wildman–Crippen MR) is 95.2 cm³/mol. The molecule has 0 heterocycles. The second-order valence-electron chi connectivity index (χ2n) is 6.80. The normalized spacial score (nSPS) is 14.8. The van der Waals surface area contributed by atoms with Crippen LogP contribution in [0.4, 0.5) is 39.5 Å². The van der Waals surface area contributed by atoms with Crippen molar-refractivity contribution in [3.05, 3.63) is 58.7 Å². The standard InChI is InChI=1S/C21H16F9N/c1-3-12-9-14(4-2)17(15-7-5-13(11-31)6-8-15)16(10-12)18(22,20(25,26)27)19(23,24)21(28,29)30/h5-10H,3-4H2,1-2H3. The first-order valence-corrected chi connectivity index (χ1v) is 9.02. The molecule has 1 nitrogen and oxygen atoms in total. The highest BCUT2D eigenvalue weighted by Crippen LogP contribution is 2.60. The molecule has 0 aliphatic carbocycles. The van der Waals surface area contributed by atoms with Crippen molar-refractivity contribution in [2.45, 2.75) is 50.6 Å². The molecular weight excluding hydrogens is 437 g/mol. The van der Waals surface area contributed by atoms with Crippen LogP contribution in [0.25, 0.3) is 11.1 Å². The second kappa shape index (κ2) is 8.09. The Balaban J connectivity index is 3.06. The molecule has 2 aromatic carbocycles. The first kappa shape index (κ1) is 24.6. The largest absolute Gasteiger partial charge is 0.457 e. The quantitative estimate of drug-likeness (QED) is 0.437. The molecule has 0 aliphatic heterocycles. The summed E-state index contributed by atoms with van der Waals surface area (Å²) in [7, 11) is 0. The van der Waals surface area contributed by atoms with Gasteiger partial charge in [0.05, 0.1) is 11.6 Å². The highest BCUT2D eigenvalue weighted by molar-refractivity contribution is 5.74. The third kappa shape index (κ3) is 3.98. The summed E-state index contributed by atoms with van der Waals surface area (Å²) in [6, 6.07) is 7.91. The average Bonchev–Trinajstić information content (AvgIpc) is 2.70. The van der Waals surface area contributed by atoms with Gasteiger partial charge in [0.25, 0.3) is 0 Å². The Hall–Kier alpha value is -2.70. The van der Waals surface area contributed by atoms with Crippen molar-refractivity contribution in [2.24, 2.45) is 0 Å². The van der Waals surface area contributed by atoms with Crippen LogP contribution in [-0.4, -0.2) is 18.3 Å². The number of rotatable bonds is 5. The Labute approximate surface area is 172 Å². The van der Waals surface area contributed by atoms with E-state index < -0.39 is 35.1 Å². The molecule has 1 atom stereocenters. The maximum atomic E-state index is 15.4. The average molecular weight is 453 g/mol. The van der Waals surface area contributed by atoms with Gasteiger partial charge in [-0.25, -0.2) is 4.39 Å².